The third-order valence-corrected chi connectivity index (χ3v) is 22.7. The Balaban J connectivity index is 1.11. The molecular formula is C58H54N2O2Si2. The van der Waals surface area contributed by atoms with Crippen LogP contribution in [0, 0.1) is 13.8 Å². The first-order chi connectivity index (χ1) is 31.4. The summed E-state index contributed by atoms with van der Waals surface area (Å²) in [4.78, 5) is 10.5. The number of phenols is 2. The Morgan fingerprint density at radius 3 is 0.891 bits per heavy atom. The molecule has 1 aliphatic rings. The highest BCUT2D eigenvalue weighted by Gasteiger charge is 2.45. The number of benzene rings is 8. The van der Waals surface area contributed by atoms with Crippen LogP contribution >= 0.6 is 0 Å². The highest BCUT2D eigenvalue weighted by Crippen LogP contribution is 2.27. The van der Waals surface area contributed by atoms with Crippen molar-refractivity contribution in [2.45, 2.75) is 51.6 Å². The van der Waals surface area contributed by atoms with Gasteiger partial charge in [-0.25, -0.2) is 0 Å². The van der Waals surface area contributed by atoms with Crippen molar-refractivity contribution in [3.63, 3.8) is 0 Å². The fourth-order valence-electron chi connectivity index (χ4n) is 10.2. The van der Waals surface area contributed by atoms with E-state index < -0.39 is 16.1 Å². The molecule has 0 bridgehead atoms. The predicted octanol–water partition coefficient (Wildman–Crippen LogP) is 7.32. The first-order valence-electron chi connectivity index (χ1n) is 22.5. The maximum atomic E-state index is 12.6. The molecule has 1 saturated carbocycles. The van der Waals surface area contributed by atoms with Crippen LogP contribution in [0.25, 0.3) is 0 Å². The van der Waals surface area contributed by atoms with E-state index in [-0.39, 0.29) is 23.6 Å². The van der Waals surface area contributed by atoms with E-state index in [1.165, 1.54) is 31.1 Å². The zero-order valence-corrected chi connectivity index (χ0v) is 38.6. The van der Waals surface area contributed by atoms with Gasteiger partial charge in [-0.1, -0.05) is 218 Å². The van der Waals surface area contributed by atoms with Crippen LogP contribution in [0.3, 0.4) is 0 Å². The van der Waals surface area contributed by atoms with E-state index in [1.807, 2.05) is 12.4 Å². The van der Waals surface area contributed by atoms with Crippen LogP contribution in [-0.2, 0) is 0 Å². The smallest absolute Gasteiger partial charge is 0.183 e. The number of phenolic OH excluding ortho intramolecular Hbond substituents is 2. The van der Waals surface area contributed by atoms with E-state index in [1.54, 1.807) is 0 Å². The minimum atomic E-state index is -2.99. The molecule has 2 N–H and O–H groups in total. The maximum Gasteiger partial charge on any atom is 0.183 e. The fourth-order valence-corrected chi connectivity index (χ4v) is 20.1. The summed E-state index contributed by atoms with van der Waals surface area (Å²) >= 11 is 0. The van der Waals surface area contributed by atoms with E-state index >= 15 is 0 Å². The second-order valence-corrected chi connectivity index (χ2v) is 24.7. The number of nitrogens with zero attached hydrogens (tertiary/aromatic N) is 2. The van der Waals surface area contributed by atoms with E-state index in [0.29, 0.717) is 11.1 Å². The molecule has 1 fully saturated rings. The van der Waals surface area contributed by atoms with Crippen LogP contribution in [0.5, 0.6) is 11.5 Å². The second-order valence-electron chi connectivity index (χ2n) is 17.2. The average Bonchev–Trinajstić information content (AvgIpc) is 3.35. The summed E-state index contributed by atoms with van der Waals surface area (Å²) in [6, 6.07) is 72.5. The van der Waals surface area contributed by atoms with Gasteiger partial charge in [0.25, 0.3) is 0 Å². The number of aliphatic imine (C=N–C) groups is 2. The predicted molar refractivity (Wildman–Crippen MR) is 274 cm³/mol. The summed E-state index contributed by atoms with van der Waals surface area (Å²) in [6.45, 7) is 4.23. The molecule has 0 aromatic heterocycles. The minimum absolute atomic E-state index is 0.0782. The van der Waals surface area contributed by atoms with E-state index in [2.05, 4.69) is 220 Å². The third kappa shape index (κ3) is 8.00. The monoisotopic (exact) mass is 866 g/mol. The van der Waals surface area contributed by atoms with Crippen molar-refractivity contribution in [2.75, 3.05) is 0 Å². The molecule has 0 amide bonds. The molecule has 0 saturated heterocycles. The lowest BCUT2D eigenvalue weighted by molar-refractivity contribution is 0.390. The molecular weight excluding hydrogens is 813 g/mol. The summed E-state index contributed by atoms with van der Waals surface area (Å²) in [7, 11) is -5.98. The molecule has 9 rings (SSSR count). The summed E-state index contributed by atoms with van der Waals surface area (Å²) < 4.78 is 0. The van der Waals surface area contributed by atoms with Crippen LogP contribution < -0.4 is 41.5 Å². The Morgan fingerprint density at radius 1 is 0.391 bits per heavy atom. The van der Waals surface area contributed by atoms with Crippen molar-refractivity contribution in [1.29, 1.82) is 0 Å². The van der Waals surface area contributed by atoms with Crippen molar-refractivity contribution in [3.05, 3.63) is 229 Å². The molecule has 0 heterocycles. The maximum absolute atomic E-state index is 12.6. The lowest BCUT2D eigenvalue weighted by Gasteiger charge is -2.35. The quantitative estimate of drug-likeness (QED) is 0.0769. The van der Waals surface area contributed by atoms with Crippen molar-refractivity contribution < 1.29 is 10.2 Å². The zero-order valence-electron chi connectivity index (χ0n) is 36.6. The van der Waals surface area contributed by atoms with Crippen LogP contribution in [-0.4, -0.2) is 50.9 Å². The Hall–Kier alpha value is -6.87. The van der Waals surface area contributed by atoms with Gasteiger partial charge in [0.05, 0.1) is 12.1 Å². The second kappa shape index (κ2) is 18.9. The van der Waals surface area contributed by atoms with Crippen LogP contribution in [0.2, 0.25) is 0 Å². The number of aryl methyl sites for hydroxylation is 2. The van der Waals surface area contributed by atoms with Gasteiger partial charge in [-0.2, -0.15) is 0 Å². The van der Waals surface area contributed by atoms with Crippen molar-refractivity contribution in [1.82, 2.24) is 0 Å². The van der Waals surface area contributed by atoms with E-state index in [4.69, 9.17) is 9.98 Å². The molecule has 8 aromatic carbocycles. The van der Waals surface area contributed by atoms with Gasteiger partial charge in [-0.15, -0.1) is 0 Å². The van der Waals surface area contributed by atoms with E-state index in [9.17, 15) is 10.2 Å². The Labute approximate surface area is 380 Å². The molecule has 0 spiro atoms. The molecule has 2 atom stereocenters. The summed E-state index contributed by atoms with van der Waals surface area (Å²) in [5.41, 5.74) is 3.57. The highest BCUT2D eigenvalue weighted by atomic mass is 28.3. The summed E-state index contributed by atoms with van der Waals surface area (Å²) in [5.74, 6) is 0.544. The Bertz CT molecular complexity index is 2480. The third-order valence-electron chi connectivity index (χ3n) is 13.1. The number of rotatable bonds is 12. The van der Waals surface area contributed by atoms with Gasteiger partial charge in [0.1, 0.15) is 11.5 Å². The van der Waals surface area contributed by atoms with Gasteiger partial charge in [-0.05, 0) is 80.3 Å². The molecule has 1 aliphatic carbocycles. The topological polar surface area (TPSA) is 65.2 Å². The summed E-state index contributed by atoms with van der Waals surface area (Å²) in [5, 5.41) is 34.3. The molecule has 4 nitrogen and oxygen atoms in total. The minimum Gasteiger partial charge on any atom is -0.507 e. The first kappa shape index (κ1) is 42.4. The van der Waals surface area contributed by atoms with Gasteiger partial charge in [0.15, 0.2) is 16.1 Å². The molecule has 316 valence electrons. The van der Waals surface area contributed by atoms with Crippen molar-refractivity contribution in [3.8, 4) is 11.5 Å². The van der Waals surface area contributed by atoms with Crippen molar-refractivity contribution >= 4 is 70.1 Å². The zero-order chi connectivity index (χ0) is 43.9. The first-order valence-corrected chi connectivity index (χ1v) is 26.5. The highest BCUT2D eigenvalue weighted by molar-refractivity contribution is 7.21. The Kier molecular flexibility index (Phi) is 12.5. The normalized spacial score (nSPS) is 15.7. The lowest BCUT2D eigenvalue weighted by Crippen LogP contribution is -2.74. The van der Waals surface area contributed by atoms with Crippen LogP contribution in [0.4, 0.5) is 0 Å². The average molecular weight is 867 g/mol. The van der Waals surface area contributed by atoms with Gasteiger partial charge in [0.2, 0.25) is 0 Å². The van der Waals surface area contributed by atoms with Gasteiger partial charge in [0, 0.05) is 23.6 Å². The standard InChI is InChI=1S/C58H54N2O2Si2/c1-43-37-45(57(61)55(39-43)63(47-23-9-3-10-24-47,48-25-11-4-12-26-48)49-27-13-5-14-28-49)41-59-53-35-21-22-36-54(53)60-42-46-38-44(2)40-56(58(46)62)64(50-29-15-6-16-30-50,51-31-17-7-18-32-51)52-33-19-8-20-34-52/h3-20,23-34,37-42,53-54,61-62H,21-22,35-36H2,1-2H3/b59-41+,60-42+/t53-,54-/m1/s1. The fraction of sp³-hybridized carbons (Fsp3) is 0.138. The SMILES string of the molecule is Cc1cc(/C=N/[C@@H]2CCCC[C@H]2/N=C/c2cc(C)cc([Si](c3ccccc3)(c3ccccc3)c3ccccc3)c2O)c(O)c([Si](c2ccccc2)(c2ccccc2)c2ccccc2)c1. The molecule has 8 aromatic rings. The van der Waals surface area contributed by atoms with Crippen LogP contribution in [0.1, 0.15) is 47.9 Å². The van der Waals surface area contributed by atoms with Gasteiger partial charge < -0.3 is 10.2 Å². The van der Waals surface area contributed by atoms with E-state index in [0.717, 1.165) is 47.2 Å². The van der Waals surface area contributed by atoms with Gasteiger partial charge in [-0.3, -0.25) is 9.98 Å². The molecule has 0 aliphatic heterocycles. The number of hydrogen-bond donors (Lipinski definition) is 2. The molecule has 0 radical (unpaired) electrons. The largest absolute Gasteiger partial charge is 0.507 e. The number of hydrogen-bond acceptors (Lipinski definition) is 4. The lowest BCUT2D eigenvalue weighted by atomic mass is 9.91. The Morgan fingerprint density at radius 2 is 0.641 bits per heavy atom. The summed E-state index contributed by atoms with van der Waals surface area (Å²) in [6.07, 6.45) is 7.70. The molecule has 6 heteroatoms. The van der Waals surface area contributed by atoms with Crippen molar-refractivity contribution in [2.24, 2.45) is 9.98 Å². The van der Waals surface area contributed by atoms with Crippen LogP contribution in [0.15, 0.2) is 216 Å². The number of aromatic hydroxyl groups is 2. The van der Waals surface area contributed by atoms with Gasteiger partial charge >= 0.3 is 0 Å². The molecule has 0 unspecified atom stereocenters. The molecule has 64 heavy (non-hydrogen) atoms.